The molecule has 2 heterocycles. The number of urea groups is 1. The molecule has 1 aliphatic heterocycles. The monoisotopic (exact) mass is 668 g/mol. The van der Waals surface area contributed by atoms with Crippen LogP contribution in [0.25, 0.3) is 17.1 Å². The Morgan fingerprint density at radius 1 is 1.09 bits per heavy atom. The summed E-state index contributed by atoms with van der Waals surface area (Å²) >= 11 is 1.53. The van der Waals surface area contributed by atoms with Crippen molar-refractivity contribution < 1.29 is 27.1 Å². The maximum Gasteiger partial charge on any atom is 0.573 e. The van der Waals surface area contributed by atoms with Crippen LogP contribution in [0.1, 0.15) is 63.5 Å². The Bertz CT molecular complexity index is 1710. The van der Waals surface area contributed by atoms with Crippen molar-refractivity contribution in [2.24, 2.45) is 4.99 Å². The van der Waals surface area contributed by atoms with E-state index in [-0.39, 0.29) is 29.4 Å². The fraction of sp³-hybridized carbons (Fsp3) is 0.353. The lowest BCUT2D eigenvalue weighted by Gasteiger charge is -2.37. The van der Waals surface area contributed by atoms with Gasteiger partial charge in [-0.15, -0.1) is 18.3 Å². The number of amidine groups is 1. The highest BCUT2D eigenvalue weighted by molar-refractivity contribution is 8.14. The molecule has 1 aromatic heterocycles. The van der Waals surface area contributed by atoms with Crippen molar-refractivity contribution in [2.45, 2.75) is 64.8 Å². The molecule has 1 N–H and O–H groups in total. The fourth-order valence-corrected chi connectivity index (χ4v) is 6.52. The van der Waals surface area contributed by atoms with E-state index >= 15 is 0 Å². The maximum absolute atomic E-state index is 14.1. The number of amides is 2. The van der Waals surface area contributed by atoms with Crippen LogP contribution in [0, 0.1) is 5.82 Å². The van der Waals surface area contributed by atoms with Crippen molar-refractivity contribution in [1.82, 2.24) is 20.1 Å². The number of thioether (sulfide) groups is 1. The first-order chi connectivity index (χ1) is 22.4. The molecular formula is C34H36F4N6O2S. The lowest BCUT2D eigenvalue weighted by Crippen LogP contribution is -2.42. The van der Waals surface area contributed by atoms with Gasteiger partial charge >= 0.3 is 12.4 Å². The van der Waals surface area contributed by atoms with E-state index in [0.29, 0.717) is 29.6 Å². The molecule has 5 rings (SSSR count). The number of rotatable bonds is 9. The smallest absolute Gasteiger partial charge is 0.406 e. The van der Waals surface area contributed by atoms with Gasteiger partial charge in [-0.3, -0.25) is 0 Å². The van der Waals surface area contributed by atoms with E-state index in [1.54, 1.807) is 12.1 Å². The normalized spacial score (nSPS) is 16.8. The number of nitrogens with one attached hydrogen (secondary N) is 1. The molecular weight excluding hydrogens is 632 g/mol. The molecule has 2 atom stereocenters. The standard InChI is InChI=1S/C34H36F4N6O2S/c1-21(2)29-19-26(35)9-14-30(29)44-23(4)16-18-47-33(44)41-32(45)39-17-15-22(3)24-5-7-25(8-6-24)31-40-20-43(42-31)27-10-12-28(13-11-27)46-34(36,37)38/h5-14,19-23H,15-18H2,1-4H3,(H,39,45). The predicted octanol–water partition coefficient (Wildman–Crippen LogP) is 8.69. The Labute approximate surface area is 275 Å². The first-order valence-corrected chi connectivity index (χ1v) is 16.3. The van der Waals surface area contributed by atoms with Crippen LogP contribution in [0.15, 0.2) is 78.0 Å². The van der Waals surface area contributed by atoms with E-state index in [2.05, 4.69) is 39.0 Å². The van der Waals surface area contributed by atoms with Crippen LogP contribution in [0.3, 0.4) is 0 Å². The zero-order valence-electron chi connectivity index (χ0n) is 26.5. The predicted molar refractivity (Wildman–Crippen MR) is 177 cm³/mol. The minimum atomic E-state index is -4.75. The molecule has 13 heteroatoms. The van der Waals surface area contributed by atoms with Crippen molar-refractivity contribution in [1.29, 1.82) is 0 Å². The van der Waals surface area contributed by atoms with Gasteiger partial charge in [0.2, 0.25) is 0 Å². The largest absolute Gasteiger partial charge is 0.573 e. The van der Waals surface area contributed by atoms with Gasteiger partial charge in [-0.1, -0.05) is 56.8 Å². The van der Waals surface area contributed by atoms with Gasteiger partial charge in [0.15, 0.2) is 11.0 Å². The summed E-state index contributed by atoms with van der Waals surface area (Å²) in [6, 6.07) is 17.6. The summed E-state index contributed by atoms with van der Waals surface area (Å²) in [7, 11) is 0. The van der Waals surface area contributed by atoms with Crippen LogP contribution in [0.4, 0.5) is 28.0 Å². The van der Waals surface area contributed by atoms with Gasteiger partial charge in [-0.25, -0.2) is 18.9 Å². The van der Waals surface area contributed by atoms with Crippen LogP contribution < -0.4 is 15.0 Å². The second kappa shape index (κ2) is 14.6. The number of aliphatic imine (C=N–C) groups is 1. The number of halogens is 4. The van der Waals surface area contributed by atoms with E-state index in [9.17, 15) is 22.4 Å². The lowest BCUT2D eigenvalue weighted by atomic mass is 9.96. The second-order valence-corrected chi connectivity index (χ2v) is 12.8. The quantitative estimate of drug-likeness (QED) is 0.180. The molecule has 0 radical (unpaired) electrons. The minimum absolute atomic E-state index is 0.107. The van der Waals surface area contributed by atoms with Gasteiger partial charge in [0.1, 0.15) is 17.9 Å². The Hall–Kier alpha value is -4.39. The van der Waals surface area contributed by atoms with E-state index < -0.39 is 12.4 Å². The zero-order chi connectivity index (χ0) is 33.7. The summed E-state index contributed by atoms with van der Waals surface area (Å²) in [6.07, 6.45) is -1.65. The summed E-state index contributed by atoms with van der Waals surface area (Å²) in [5.74, 6) is 0.969. The maximum atomic E-state index is 14.1. The number of hydrogen-bond donors (Lipinski definition) is 1. The average Bonchev–Trinajstić information content (AvgIpc) is 3.51. The molecule has 2 unspecified atom stereocenters. The SMILES string of the molecule is CC(C)c1cc(F)ccc1N1C(=NC(=O)NCCC(C)c2ccc(-c3ncn(-c4ccc(OC(F)(F)F)cc4)n3)cc2)SCCC1C. The third-order valence-electron chi connectivity index (χ3n) is 7.90. The van der Waals surface area contributed by atoms with Crippen LogP contribution in [0.5, 0.6) is 5.75 Å². The molecule has 4 aromatic rings. The lowest BCUT2D eigenvalue weighted by molar-refractivity contribution is -0.274. The van der Waals surface area contributed by atoms with Crippen molar-refractivity contribution in [3.05, 3.63) is 90.0 Å². The highest BCUT2D eigenvalue weighted by Gasteiger charge is 2.31. The number of carbonyl (C=O) groups excluding carboxylic acids is 1. The van der Waals surface area contributed by atoms with Gasteiger partial charge in [0, 0.05) is 29.6 Å². The second-order valence-electron chi connectivity index (χ2n) is 11.7. The number of benzene rings is 3. The van der Waals surface area contributed by atoms with Crippen LogP contribution in [-0.2, 0) is 0 Å². The third-order valence-corrected chi connectivity index (χ3v) is 8.89. The van der Waals surface area contributed by atoms with E-state index in [4.69, 9.17) is 0 Å². The molecule has 8 nitrogen and oxygen atoms in total. The van der Waals surface area contributed by atoms with Crippen molar-refractivity contribution in [2.75, 3.05) is 17.2 Å². The third kappa shape index (κ3) is 8.70. The van der Waals surface area contributed by atoms with Gasteiger partial charge in [0.05, 0.1) is 5.69 Å². The van der Waals surface area contributed by atoms with Crippen molar-refractivity contribution in [3.63, 3.8) is 0 Å². The zero-order valence-corrected chi connectivity index (χ0v) is 27.3. The molecule has 3 aromatic carbocycles. The van der Waals surface area contributed by atoms with E-state index in [0.717, 1.165) is 34.6 Å². The Morgan fingerprint density at radius 2 is 1.81 bits per heavy atom. The summed E-state index contributed by atoms with van der Waals surface area (Å²) in [6.45, 7) is 8.65. The van der Waals surface area contributed by atoms with Crippen LogP contribution in [0.2, 0.25) is 0 Å². The molecule has 0 bridgehead atoms. The number of nitrogens with zero attached hydrogens (tertiary/aromatic N) is 5. The Morgan fingerprint density at radius 3 is 2.49 bits per heavy atom. The molecule has 1 fully saturated rings. The molecule has 0 aliphatic carbocycles. The van der Waals surface area contributed by atoms with Gasteiger partial charge in [-0.2, -0.15) is 4.99 Å². The van der Waals surface area contributed by atoms with Crippen molar-refractivity contribution >= 4 is 28.6 Å². The first-order valence-electron chi connectivity index (χ1n) is 15.3. The molecule has 47 heavy (non-hydrogen) atoms. The molecule has 0 spiro atoms. The summed E-state index contributed by atoms with van der Waals surface area (Å²) in [5, 5.41) is 7.99. The number of anilines is 1. The van der Waals surface area contributed by atoms with Crippen LogP contribution >= 0.6 is 11.8 Å². The van der Waals surface area contributed by atoms with E-state index in [1.807, 2.05) is 43.0 Å². The number of hydrogen-bond acceptors (Lipinski definition) is 5. The van der Waals surface area contributed by atoms with Gasteiger partial charge in [0.25, 0.3) is 0 Å². The Balaban J connectivity index is 1.17. The highest BCUT2D eigenvalue weighted by Crippen LogP contribution is 2.35. The first kappa shape index (κ1) is 34.0. The molecule has 1 saturated heterocycles. The van der Waals surface area contributed by atoms with E-state index in [1.165, 1.54) is 53.1 Å². The number of aromatic nitrogens is 3. The van der Waals surface area contributed by atoms with Crippen LogP contribution in [-0.4, -0.2) is 50.7 Å². The topological polar surface area (TPSA) is 84.6 Å². The number of carbonyl (C=O) groups is 1. The molecule has 248 valence electrons. The summed E-state index contributed by atoms with van der Waals surface area (Å²) in [4.78, 5) is 23.7. The molecule has 2 amide bonds. The average molecular weight is 669 g/mol. The highest BCUT2D eigenvalue weighted by atomic mass is 32.2. The number of alkyl halides is 3. The number of ether oxygens (including phenoxy) is 1. The summed E-state index contributed by atoms with van der Waals surface area (Å²) < 4.78 is 56.8. The molecule has 1 aliphatic rings. The molecule has 0 saturated carbocycles. The van der Waals surface area contributed by atoms with Crippen molar-refractivity contribution in [3.8, 4) is 22.8 Å². The minimum Gasteiger partial charge on any atom is -0.406 e. The Kier molecular flexibility index (Phi) is 10.5. The van der Waals surface area contributed by atoms with Gasteiger partial charge in [-0.05, 0) is 85.2 Å². The van der Waals surface area contributed by atoms with Gasteiger partial charge < -0.3 is 15.0 Å². The summed E-state index contributed by atoms with van der Waals surface area (Å²) in [5.41, 5.74) is 4.15. The fourth-order valence-electron chi connectivity index (χ4n) is 5.31.